The molecule has 0 unspecified atom stereocenters. The molecule has 2 aromatic rings. The molecule has 1 N–H and O–H groups in total. The van der Waals surface area contributed by atoms with E-state index in [4.69, 9.17) is 5.26 Å². The second kappa shape index (κ2) is 11.6. The molecule has 3 heterocycles. The van der Waals surface area contributed by atoms with Crippen molar-refractivity contribution in [2.75, 3.05) is 13.1 Å². The molecule has 1 aliphatic heterocycles. The molecule has 1 fully saturated rings. The number of hydrogen-bond donors (Lipinski definition) is 1. The minimum absolute atomic E-state index is 0.00552. The largest absolute Gasteiger partial charge is 0.350 e. The highest BCUT2D eigenvalue weighted by atomic mass is 79.9. The molecule has 1 saturated heterocycles. The molecule has 0 saturated carbocycles. The molecule has 0 radical (unpaired) electrons. The van der Waals surface area contributed by atoms with E-state index in [2.05, 4.69) is 37.3 Å². The van der Waals surface area contributed by atoms with Gasteiger partial charge in [0, 0.05) is 25.3 Å². The van der Waals surface area contributed by atoms with Gasteiger partial charge in [0.1, 0.15) is 10.1 Å². The molecule has 0 spiro atoms. The molecular weight excluding hydrogens is 451 g/mol. The number of carbonyl (C=O) groups is 2. The van der Waals surface area contributed by atoms with Crippen molar-refractivity contribution in [1.82, 2.24) is 24.2 Å². The standard InChI is InChI=1S/C10H10BrFN4OS.C5H6N2O.C2H6/c1-5(2)14-10(17)6-4-16(18-12)9-8(6)15-7(11)3-13-9;6-1-5-2-7(3-5)4-8;1-2/h3-5H,1-2H3,(H,14,17);4-5H,2-3H2;1-2H3. The lowest BCUT2D eigenvalue weighted by molar-refractivity contribution is -0.122. The van der Waals surface area contributed by atoms with Crippen molar-refractivity contribution >= 4 is 51.7 Å². The van der Waals surface area contributed by atoms with E-state index in [0.717, 1.165) is 6.41 Å². The van der Waals surface area contributed by atoms with Crippen molar-refractivity contribution < 1.29 is 13.5 Å². The average Bonchev–Trinajstić information content (AvgIpc) is 3.01. The lowest BCUT2D eigenvalue weighted by Gasteiger charge is -2.31. The summed E-state index contributed by atoms with van der Waals surface area (Å²) in [6, 6.07) is 2.06. The number of nitriles is 1. The van der Waals surface area contributed by atoms with E-state index >= 15 is 0 Å². The molecule has 2 amide bonds. The Hall–Kier alpha value is -2.19. The summed E-state index contributed by atoms with van der Waals surface area (Å²) in [5.41, 5.74) is 0.991. The van der Waals surface area contributed by atoms with Crippen molar-refractivity contribution in [2.24, 2.45) is 5.92 Å². The van der Waals surface area contributed by atoms with Gasteiger partial charge in [0.25, 0.3) is 5.91 Å². The number of amides is 2. The number of likely N-dealkylation sites (tertiary alicyclic amines) is 1. The summed E-state index contributed by atoms with van der Waals surface area (Å²) in [6.45, 7) is 8.95. The van der Waals surface area contributed by atoms with Gasteiger partial charge in [0.05, 0.1) is 23.7 Å². The molecule has 3 rings (SSSR count). The highest BCUT2D eigenvalue weighted by Gasteiger charge is 2.24. The number of fused-ring (bicyclic) bond motifs is 1. The van der Waals surface area contributed by atoms with Crippen LogP contribution in [-0.2, 0) is 4.79 Å². The Morgan fingerprint density at radius 2 is 2.14 bits per heavy atom. The van der Waals surface area contributed by atoms with E-state index in [9.17, 15) is 13.5 Å². The molecule has 152 valence electrons. The van der Waals surface area contributed by atoms with E-state index in [1.807, 2.05) is 27.7 Å². The zero-order valence-corrected chi connectivity index (χ0v) is 18.4. The summed E-state index contributed by atoms with van der Waals surface area (Å²) in [7, 11) is 0. The summed E-state index contributed by atoms with van der Waals surface area (Å²) in [5.74, 6) is -0.199. The van der Waals surface area contributed by atoms with Gasteiger partial charge in [-0.1, -0.05) is 13.8 Å². The van der Waals surface area contributed by atoms with Crippen LogP contribution in [0.1, 0.15) is 38.1 Å². The van der Waals surface area contributed by atoms with Crippen molar-refractivity contribution in [2.45, 2.75) is 33.7 Å². The first kappa shape index (κ1) is 23.8. The third-order valence-electron chi connectivity index (χ3n) is 3.41. The second-order valence-electron chi connectivity index (χ2n) is 5.82. The molecule has 11 heteroatoms. The average molecular weight is 473 g/mol. The first-order valence-electron chi connectivity index (χ1n) is 8.62. The fourth-order valence-electron chi connectivity index (χ4n) is 2.18. The van der Waals surface area contributed by atoms with E-state index in [1.54, 1.807) is 4.90 Å². The van der Waals surface area contributed by atoms with Crippen LogP contribution in [0.25, 0.3) is 11.2 Å². The van der Waals surface area contributed by atoms with Crippen LogP contribution < -0.4 is 5.32 Å². The third kappa shape index (κ3) is 6.17. The molecule has 8 nitrogen and oxygen atoms in total. The Kier molecular flexibility index (Phi) is 9.89. The van der Waals surface area contributed by atoms with E-state index in [-0.39, 0.29) is 30.2 Å². The van der Waals surface area contributed by atoms with Gasteiger partial charge < -0.3 is 10.2 Å². The molecule has 0 atom stereocenters. The Morgan fingerprint density at radius 1 is 1.50 bits per heavy atom. The summed E-state index contributed by atoms with van der Waals surface area (Å²) < 4.78 is 14.4. The van der Waals surface area contributed by atoms with Crippen LogP contribution in [0.15, 0.2) is 17.0 Å². The van der Waals surface area contributed by atoms with Crippen LogP contribution in [0.5, 0.6) is 0 Å². The number of carbonyl (C=O) groups excluding carboxylic acids is 2. The van der Waals surface area contributed by atoms with Gasteiger partial charge in [-0.05, 0) is 29.8 Å². The monoisotopic (exact) mass is 472 g/mol. The van der Waals surface area contributed by atoms with Gasteiger partial charge in [-0.15, -0.1) is 3.89 Å². The van der Waals surface area contributed by atoms with Crippen molar-refractivity contribution in [3.8, 4) is 6.07 Å². The molecular formula is C17H22BrFN6O2S. The Morgan fingerprint density at radius 3 is 2.64 bits per heavy atom. The lowest BCUT2D eigenvalue weighted by Crippen LogP contribution is -2.44. The summed E-state index contributed by atoms with van der Waals surface area (Å²) >= 11 is 3.16. The fourth-order valence-corrected chi connectivity index (χ4v) is 2.81. The van der Waals surface area contributed by atoms with Crippen LogP contribution in [0, 0.1) is 17.2 Å². The number of halogens is 2. The minimum atomic E-state index is -0.296. The summed E-state index contributed by atoms with van der Waals surface area (Å²) in [4.78, 5) is 31.6. The Labute approximate surface area is 176 Å². The SMILES string of the molecule is CC.CC(C)NC(=O)c1cn(SF)c2ncc(Br)nc12.N#CC1CN(C=O)C1. The predicted octanol–water partition coefficient (Wildman–Crippen LogP) is 3.34. The maximum Gasteiger partial charge on any atom is 0.255 e. The minimum Gasteiger partial charge on any atom is -0.350 e. The van der Waals surface area contributed by atoms with Gasteiger partial charge in [-0.25, -0.2) is 13.9 Å². The van der Waals surface area contributed by atoms with Crippen LogP contribution >= 0.6 is 28.3 Å². The zero-order chi connectivity index (χ0) is 21.3. The topological polar surface area (TPSA) is 104 Å². The first-order chi connectivity index (χ1) is 13.4. The van der Waals surface area contributed by atoms with E-state index in [1.165, 1.54) is 16.4 Å². The molecule has 1 aliphatic rings. The highest BCUT2D eigenvalue weighted by molar-refractivity contribution is 9.10. The number of rotatable bonds is 4. The van der Waals surface area contributed by atoms with Gasteiger partial charge >= 0.3 is 0 Å². The Balaban J connectivity index is 0.000000327. The molecule has 0 aromatic carbocycles. The first-order valence-corrected chi connectivity index (χ1v) is 10.1. The zero-order valence-electron chi connectivity index (χ0n) is 16.0. The van der Waals surface area contributed by atoms with E-state index < -0.39 is 0 Å². The number of hydrogen-bond acceptors (Lipinski definition) is 6. The maximum atomic E-state index is 12.8. The van der Waals surface area contributed by atoms with Gasteiger partial charge in [-0.3, -0.25) is 9.59 Å². The molecule has 2 aromatic heterocycles. The van der Waals surface area contributed by atoms with Crippen molar-refractivity contribution in [3.05, 3.63) is 22.6 Å². The number of nitrogens with zero attached hydrogens (tertiary/aromatic N) is 5. The van der Waals surface area contributed by atoms with Crippen molar-refractivity contribution in [1.29, 1.82) is 5.26 Å². The predicted molar refractivity (Wildman–Crippen MR) is 110 cm³/mol. The summed E-state index contributed by atoms with van der Waals surface area (Å²) in [6.07, 6.45) is 3.62. The fraction of sp³-hybridized carbons (Fsp3) is 0.471. The molecule has 28 heavy (non-hydrogen) atoms. The van der Waals surface area contributed by atoms with Gasteiger partial charge in [0.15, 0.2) is 18.0 Å². The van der Waals surface area contributed by atoms with Gasteiger partial charge in [0.2, 0.25) is 6.41 Å². The summed E-state index contributed by atoms with van der Waals surface area (Å²) in [5, 5.41) is 10.9. The smallest absolute Gasteiger partial charge is 0.255 e. The van der Waals surface area contributed by atoms with Crippen LogP contribution in [-0.4, -0.2) is 50.3 Å². The van der Waals surface area contributed by atoms with E-state index in [0.29, 0.717) is 34.4 Å². The van der Waals surface area contributed by atoms with Crippen LogP contribution in [0.4, 0.5) is 3.89 Å². The normalized spacial score (nSPS) is 12.9. The van der Waals surface area contributed by atoms with Crippen LogP contribution in [0.2, 0.25) is 0 Å². The lowest BCUT2D eigenvalue weighted by atomic mass is 10.0. The maximum absolute atomic E-state index is 12.8. The third-order valence-corrected chi connectivity index (χ3v) is 4.22. The number of aromatic nitrogens is 3. The molecule has 0 aliphatic carbocycles. The quantitative estimate of drug-likeness (QED) is 0.684. The highest BCUT2D eigenvalue weighted by Crippen LogP contribution is 2.24. The Bertz CT molecular complexity index is 848. The van der Waals surface area contributed by atoms with Crippen molar-refractivity contribution in [3.63, 3.8) is 0 Å². The van der Waals surface area contributed by atoms with Crippen LogP contribution in [0.3, 0.4) is 0 Å². The number of nitrogens with one attached hydrogen (secondary N) is 1. The van der Waals surface area contributed by atoms with Gasteiger partial charge in [-0.2, -0.15) is 5.26 Å². The second-order valence-corrected chi connectivity index (χ2v) is 7.16. The molecule has 0 bridgehead atoms.